The van der Waals surface area contributed by atoms with Crippen molar-refractivity contribution in [3.05, 3.63) is 217 Å². The molecule has 0 bridgehead atoms. The smallest absolute Gasteiger partial charge is 0.141 e. The van der Waals surface area contributed by atoms with E-state index in [2.05, 4.69) is 204 Å². The molecule has 266 valence electrons. The number of hydrogen-bond donors (Lipinski definition) is 0. The lowest BCUT2D eigenvalue weighted by Crippen LogP contribution is -2.26. The normalized spacial score (nSPS) is 18.4. The molecule has 7 aromatic rings. The van der Waals surface area contributed by atoms with Crippen LogP contribution in [0.15, 0.2) is 204 Å². The molecule has 0 saturated carbocycles. The van der Waals surface area contributed by atoms with E-state index in [0.29, 0.717) is 0 Å². The molecule has 2 unspecified atom stereocenters. The molecule has 4 nitrogen and oxygen atoms in total. The second-order valence-corrected chi connectivity index (χ2v) is 14.9. The van der Waals surface area contributed by atoms with Gasteiger partial charge in [0.05, 0.1) is 24.5 Å². The Morgan fingerprint density at radius 2 is 0.696 bits per heavy atom. The van der Waals surface area contributed by atoms with Crippen LogP contribution in [0.3, 0.4) is 0 Å². The molecule has 4 heterocycles. The van der Waals surface area contributed by atoms with Crippen molar-refractivity contribution >= 4 is 44.1 Å². The van der Waals surface area contributed by atoms with Crippen molar-refractivity contribution in [1.29, 1.82) is 0 Å². The van der Waals surface area contributed by atoms with Gasteiger partial charge in [0, 0.05) is 12.4 Å². The Labute approximate surface area is 327 Å². The van der Waals surface area contributed by atoms with E-state index in [1.807, 2.05) is 0 Å². The molecule has 7 aromatic carbocycles. The maximum atomic E-state index is 5.17. The lowest BCUT2D eigenvalue weighted by atomic mass is 9.85. The van der Waals surface area contributed by atoms with E-state index in [9.17, 15) is 0 Å². The highest BCUT2D eigenvalue weighted by atomic mass is 15.3. The lowest BCUT2D eigenvalue weighted by molar-refractivity contribution is 0.395. The van der Waals surface area contributed by atoms with Crippen LogP contribution < -0.4 is 0 Å². The van der Waals surface area contributed by atoms with Gasteiger partial charge in [0.2, 0.25) is 0 Å². The number of aliphatic imine (C=N–C) groups is 2. The van der Waals surface area contributed by atoms with Gasteiger partial charge in [-0.25, -0.2) is 0 Å². The summed E-state index contributed by atoms with van der Waals surface area (Å²) in [5.41, 5.74) is 14.4. The van der Waals surface area contributed by atoms with Crippen LogP contribution in [0.1, 0.15) is 22.3 Å². The van der Waals surface area contributed by atoms with E-state index in [4.69, 9.17) is 9.98 Å². The van der Waals surface area contributed by atoms with Crippen molar-refractivity contribution in [2.24, 2.45) is 9.98 Å². The first kappa shape index (κ1) is 32.4. The molecule has 11 rings (SSSR count). The first-order valence-electron chi connectivity index (χ1n) is 19.4. The Morgan fingerprint density at radius 3 is 1.07 bits per heavy atom. The number of fused-ring (bicyclic) bond motifs is 4. The number of allylic oxidation sites excluding steroid dienone is 4. The monoisotopic (exact) mass is 718 g/mol. The van der Waals surface area contributed by atoms with Gasteiger partial charge in [0.15, 0.2) is 0 Å². The third-order valence-corrected chi connectivity index (χ3v) is 11.6. The molecule has 0 amide bonds. The maximum absolute atomic E-state index is 5.17. The quantitative estimate of drug-likeness (QED) is 0.160. The predicted molar refractivity (Wildman–Crippen MR) is 234 cm³/mol. The van der Waals surface area contributed by atoms with Crippen LogP contribution in [0.25, 0.3) is 54.9 Å². The van der Waals surface area contributed by atoms with Crippen molar-refractivity contribution in [2.45, 2.75) is 12.3 Å². The Hall–Kier alpha value is -7.04. The van der Waals surface area contributed by atoms with Crippen LogP contribution in [-0.4, -0.2) is 46.6 Å². The molecule has 4 aliphatic rings. The van der Waals surface area contributed by atoms with E-state index in [-0.39, 0.29) is 12.3 Å². The van der Waals surface area contributed by atoms with Crippen LogP contribution >= 0.6 is 0 Å². The van der Waals surface area contributed by atoms with E-state index in [1.54, 1.807) is 0 Å². The molecule has 0 fully saturated rings. The van der Waals surface area contributed by atoms with E-state index < -0.39 is 0 Å². The molecule has 0 N–H and O–H groups in total. The number of benzene rings is 7. The molecule has 0 radical (unpaired) electrons. The van der Waals surface area contributed by atoms with Crippen molar-refractivity contribution in [3.63, 3.8) is 0 Å². The third kappa shape index (κ3) is 5.61. The van der Waals surface area contributed by atoms with E-state index in [0.717, 1.165) is 24.5 Å². The summed E-state index contributed by atoms with van der Waals surface area (Å²) in [6, 6.07) is 57.0. The van der Waals surface area contributed by atoms with Crippen molar-refractivity contribution in [3.8, 4) is 22.3 Å². The van der Waals surface area contributed by atoms with Gasteiger partial charge in [-0.1, -0.05) is 158 Å². The first-order chi connectivity index (χ1) is 27.7. The lowest BCUT2D eigenvalue weighted by Gasteiger charge is -2.23. The summed E-state index contributed by atoms with van der Waals surface area (Å²) in [6.45, 7) is 1.60. The standard InChI is InChI=1S/C52H38N4/c1-3-11-35(12-4-1)41-27-29-55-33-47(53-49(55)31-41)37-19-23-39(24-20-37)51-43-15-7-9-17-45(43)52(46-18-10-8-16-44(46)51)40-25-21-38(22-26-40)48-34-56-30-28-42(32-50(56)54-48)36-13-5-2-6-14-36/h1-32,49-50H,33-34H2. The Kier molecular flexibility index (Phi) is 7.73. The van der Waals surface area contributed by atoms with Crippen LogP contribution in [-0.2, 0) is 0 Å². The highest BCUT2D eigenvalue weighted by Crippen LogP contribution is 2.44. The second kappa shape index (κ2) is 13.4. The molecule has 4 heteroatoms. The number of rotatable bonds is 6. The molecular formula is C52H38N4. The van der Waals surface area contributed by atoms with Crippen LogP contribution in [0.2, 0.25) is 0 Å². The van der Waals surface area contributed by atoms with Gasteiger partial charge in [-0.05, 0) is 102 Å². The zero-order valence-corrected chi connectivity index (χ0v) is 30.8. The predicted octanol–water partition coefficient (Wildman–Crippen LogP) is 11.4. The molecule has 4 aliphatic heterocycles. The molecule has 2 atom stereocenters. The molecule has 0 saturated heterocycles. The maximum Gasteiger partial charge on any atom is 0.141 e. The largest absolute Gasteiger partial charge is 0.347 e. The minimum absolute atomic E-state index is 0.0231. The fourth-order valence-corrected chi connectivity index (χ4v) is 8.80. The van der Waals surface area contributed by atoms with Gasteiger partial charge in [0.25, 0.3) is 0 Å². The summed E-state index contributed by atoms with van der Waals surface area (Å²) in [5, 5.41) is 5.01. The van der Waals surface area contributed by atoms with Gasteiger partial charge < -0.3 is 9.80 Å². The van der Waals surface area contributed by atoms with Gasteiger partial charge in [0.1, 0.15) is 12.3 Å². The fourth-order valence-electron chi connectivity index (χ4n) is 8.80. The van der Waals surface area contributed by atoms with Crippen LogP contribution in [0.5, 0.6) is 0 Å². The summed E-state index contributed by atoms with van der Waals surface area (Å²) < 4.78 is 0. The minimum atomic E-state index is 0.0231. The molecule has 56 heavy (non-hydrogen) atoms. The summed E-state index contributed by atoms with van der Waals surface area (Å²) in [7, 11) is 0. The first-order valence-corrected chi connectivity index (χ1v) is 19.4. The molecular weight excluding hydrogens is 681 g/mol. The van der Waals surface area contributed by atoms with Gasteiger partial charge in [-0.15, -0.1) is 0 Å². The molecule has 0 spiro atoms. The Bertz CT molecular complexity index is 2590. The average molecular weight is 719 g/mol. The summed E-state index contributed by atoms with van der Waals surface area (Å²) in [4.78, 5) is 15.0. The second-order valence-electron chi connectivity index (χ2n) is 14.9. The Morgan fingerprint density at radius 1 is 0.357 bits per heavy atom. The van der Waals surface area contributed by atoms with Crippen molar-refractivity contribution in [2.75, 3.05) is 13.1 Å². The van der Waals surface area contributed by atoms with Gasteiger partial charge >= 0.3 is 0 Å². The summed E-state index contributed by atoms with van der Waals surface area (Å²) in [6.07, 6.45) is 13.4. The summed E-state index contributed by atoms with van der Waals surface area (Å²) >= 11 is 0. The van der Waals surface area contributed by atoms with Crippen LogP contribution in [0.4, 0.5) is 0 Å². The third-order valence-electron chi connectivity index (χ3n) is 11.6. The number of nitrogens with zero attached hydrogens (tertiary/aromatic N) is 4. The van der Waals surface area contributed by atoms with Crippen molar-refractivity contribution < 1.29 is 0 Å². The SMILES string of the molecule is C1=CN2CC(c3ccc(-c4c5ccccc5c(-c5ccc(C6=NC7C=C(c8ccccc8)C=CN7C6)cc5)c5ccccc45)cc3)=NC2C=C1c1ccccc1. The van der Waals surface area contributed by atoms with E-state index >= 15 is 0 Å². The topological polar surface area (TPSA) is 31.2 Å². The van der Waals surface area contributed by atoms with Gasteiger partial charge in [-0.2, -0.15) is 0 Å². The van der Waals surface area contributed by atoms with Crippen LogP contribution in [0, 0.1) is 0 Å². The van der Waals surface area contributed by atoms with E-state index in [1.165, 1.54) is 77.2 Å². The van der Waals surface area contributed by atoms with Crippen molar-refractivity contribution in [1.82, 2.24) is 9.80 Å². The summed E-state index contributed by atoms with van der Waals surface area (Å²) in [5.74, 6) is 0. The molecule has 0 aromatic heterocycles. The fraction of sp³-hybridized carbons (Fsp3) is 0.0769. The average Bonchev–Trinajstić information content (AvgIpc) is 3.91. The zero-order chi connectivity index (χ0) is 37.0. The number of hydrogen-bond acceptors (Lipinski definition) is 4. The van der Waals surface area contributed by atoms with Gasteiger partial charge in [-0.3, -0.25) is 9.98 Å². The minimum Gasteiger partial charge on any atom is -0.347 e. The highest BCUT2D eigenvalue weighted by Gasteiger charge is 2.28. The zero-order valence-electron chi connectivity index (χ0n) is 30.8. The molecule has 0 aliphatic carbocycles. The Balaban J connectivity index is 0.915. The highest BCUT2D eigenvalue weighted by molar-refractivity contribution is 6.21.